The molecule has 1 amide bonds. The Bertz CT molecular complexity index is 600. The van der Waals surface area contributed by atoms with Gasteiger partial charge < -0.3 is 15.0 Å². The minimum atomic E-state index is 0.0243. The maximum absolute atomic E-state index is 12.5. The number of hydrogen-bond donors (Lipinski definition) is 1. The number of amides is 1. The number of nitrogens with zero attached hydrogens (tertiary/aromatic N) is 1. The number of carbonyl (C=O) groups excluding carboxylic acids is 2. The van der Waals surface area contributed by atoms with Gasteiger partial charge in [0.25, 0.3) is 0 Å². The second-order valence-corrected chi connectivity index (χ2v) is 7.43. The first kappa shape index (κ1) is 18.9. The summed E-state index contributed by atoms with van der Waals surface area (Å²) in [6.07, 6.45) is 3.70. The summed E-state index contributed by atoms with van der Waals surface area (Å²) in [5.41, 5.74) is 0.651. The minimum absolute atomic E-state index is 0.0243. The standard InChI is InChI=1S/C21H30N2O3/c1-2-13-26-19-5-3-16(4-6-19)20(24)7-8-21(25)23-11-9-17-14-22-15-18(17)10-12-23/h3-6,17-18,22H,2,7-15H2,1H3/t17-,18+. The number of nitrogens with one attached hydrogen (secondary N) is 1. The Morgan fingerprint density at radius 1 is 1.08 bits per heavy atom. The van der Waals surface area contributed by atoms with Crippen molar-refractivity contribution in [2.75, 3.05) is 32.8 Å². The van der Waals surface area contributed by atoms with Gasteiger partial charge in [-0.3, -0.25) is 9.59 Å². The third-order valence-corrected chi connectivity index (χ3v) is 5.59. The van der Waals surface area contributed by atoms with Crippen molar-refractivity contribution >= 4 is 11.7 Å². The molecule has 2 aliphatic rings. The summed E-state index contributed by atoms with van der Waals surface area (Å²) < 4.78 is 5.53. The van der Waals surface area contributed by atoms with Gasteiger partial charge in [0, 0.05) is 31.5 Å². The first-order chi connectivity index (χ1) is 12.7. The van der Waals surface area contributed by atoms with Crippen LogP contribution in [0.5, 0.6) is 5.75 Å². The van der Waals surface area contributed by atoms with E-state index in [2.05, 4.69) is 12.2 Å². The monoisotopic (exact) mass is 358 g/mol. The van der Waals surface area contributed by atoms with Crippen molar-refractivity contribution in [1.82, 2.24) is 10.2 Å². The number of ether oxygens (including phenoxy) is 1. The molecule has 0 saturated carbocycles. The van der Waals surface area contributed by atoms with Crippen LogP contribution in [0.2, 0.25) is 0 Å². The lowest BCUT2D eigenvalue weighted by atomic mass is 9.92. The van der Waals surface area contributed by atoms with Crippen LogP contribution in [0.15, 0.2) is 24.3 Å². The van der Waals surface area contributed by atoms with Gasteiger partial charge in [-0.2, -0.15) is 0 Å². The lowest BCUT2D eigenvalue weighted by Gasteiger charge is -2.20. The van der Waals surface area contributed by atoms with E-state index in [-0.39, 0.29) is 18.1 Å². The molecule has 1 N–H and O–H groups in total. The van der Waals surface area contributed by atoms with E-state index >= 15 is 0 Å². The molecule has 2 aliphatic heterocycles. The molecule has 0 aliphatic carbocycles. The molecule has 3 rings (SSSR count). The van der Waals surface area contributed by atoms with E-state index in [0.29, 0.717) is 30.4 Å². The van der Waals surface area contributed by atoms with Gasteiger partial charge in [0.15, 0.2) is 5.78 Å². The van der Waals surface area contributed by atoms with Gasteiger partial charge in [0.2, 0.25) is 5.91 Å². The van der Waals surface area contributed by atoms with Crippen LogP contribution >= 0.6 is 0 Å². The van der Waals surface area contributed by atoms with E-state index in [1.165, 1.54) is 0 Å². The van der Waals surface area contributed by atoms with Crippen molar-refractivity contribution < 1.29 is 14.3 Å². The number of likely N-dealkylation sites (tertiary alicyclic amines) is 1. The summed E-state index contributed by atoms with van der Waals surface area (Å²) in [5, 5.41) is 3.45. The minimum Gasteiger partial charge on any atom is -0.494 e. The summed E-state index contributed by atoms with van der Waals surface area (Å²) in [6.45, 7) is 6.57. The molecule has 0 radical (unpaired) electrons. The fraction of sp³-hybridized carbons (Fsp3) is 0.619. The first-order valence-corrected chi connectivity index (χ1v) is 9.92. The molecule has 1 aromatic carbocycles. The second-order valence-electron chi connectivity index (χ2n) is 7.43. The lowest BCUT2D eigenvalue weighted by molar-refractivity contribution is -0.131. The van der Waals surface area contributed by atoms with Crippen molar-refractivity contribution in [2.24, 2.45) is 11.8 Å². The summed E-state index contributed by atoms with van der Waals surface area (Å²) >= 11 is 0. The van der Waals surface area contributed by atoms with Gasteiger partial charge in [-0.05, 0) is 68.5 Å². The van der Waals surface area contributed by atoms with Crippen molar-refractivity contribution in [3.8, 4) is 5.75 Å². The third-order valence-electron chi connectivity index (χ3n) is 5.59. The van der Waals surface area contributed by atoms with Crippen LogP contribution in [0.4, 0.5) is 0 Å². The predicted molar refractivity (Wildman–Crippen MR) is 101 cm³/mol. The molecule has 1 aromatic rings. The number of Topliss-reactive ketones (excluding diaryl/α,β-unsaturated/α-hetero) is 1. The van der Waals surface area contributed by atoms with Gasteiger partial charge in [-0.15, -0.1) is 0 Å². The normalized spacial score (nSPS) is 22.6. The molecule has 26 heavy (non-hydrogen) atoms. The van der Waals surface area contributed by atoms with Crippen molar-refractivity contribution in [2.45, 2.75) is 39.0 Å². The zero-order chi connectivity index (χ0) is 18.4. The molecular weight excluding hydrogens is 328 g/mol. The van der Waals surface area contributed by atoms with E-state index in [0.717, 1.165) is 51.2 Å². The largest absolute Gasteiger partial charge is 0.494 e. The summed E-state index contributed by atoms with van der Waals surface area (Å²) in [7, 11) is 0. The highest BCUT2D eigenvalue weighted by Crippen LogP contribution is 2.27. The van der Waals surface area contributed by atoms with Crippen molar-refractivity contribution in [1.29, 1.82) is 0 Å². The highest BCUT2D eigenvalue weighted by molar-refractivity contribution is 5.98. The van der Waals surface area contributed by atoms with Crippen molar-refractivity contribution in [3.63, 3.8) is 0 Å². The summed E-state index contributed by atoms with van der Waals surface area (Å²) in [5.74, 6) is 2.35. The Morgan fingerprint density at radius 3 is 2.35 bits per heavy atom. The summed E-state index contributed by atoms with van der Waals surface area (Å²) in [6, 6.07) is 7.23. The number of carbonyl (C=O) groups is 2. The maximum Gasteiger partial charge on any atom is 0.223 e. The molecule has 0 bridgehead atoms. The Balaban J connectivity index is 1.45. The Kier molecular flexibility index (Phi) is 6.67. The molecule has 5 nitrogen and oxygen atoms in total. The maximum atomic E-state index is 12.5. The quantitative estimate of drug-likeness (QED) is 0.762. The van der Waals surface area contributed by atoms with Crippen molar-refractivity contribution in [3.05, 3.63) is 29.8 Å². The molecule has 0 unspecified atom stereocenters. The molecule has 2 fully saturated rings. The predicted octanol–water partition coefficient (Wildman–Crippen LogP) is 2.90. The van der Waals surface area contributed by atoms with Crippen LogP contribution in [0.3, 0.4) is 0 Å². The lowest BCUT2D eigenvalue weighted by Crippen LogP contribution is -2.32. The van der Waals surface area contributed by atoms with E-state index in [4.69, 9.17) is 4.74 Å². The van der Waals surface area contributed by atoms with Crippen LogP contribution < -0.4 is 10.1 Å². The molecule has 2 saturated heterocycles. The Labute approximate surface area is 156 Å². The zero-order valence-electron chi connectivity index (χ0n) is 15.7. The number of benzene rings is 1. The highest BCUT2D eigenvalue weighted by atomic mass is 16.5. The molecule has 142 valence electrons. The average molecular weight is 358 g/mol. The zero-order valence-corrected chi connectivity index (χ0v) is 15.7. The average Bonchev–Trinajstić information content (AvgIpc) is 3.02. The van der Waals surface area contributed by atoms with Crippen LogP contribution in [0.25, 0.3) is 0 Å². The van der Waals surface area contributed by atoms with Crippen LogP contribution in [-0.2, 0) is 4.79 Å². The molecular formula is C21H30N2O3. The van der Waals surface area contributed by atoms with E-state index < -0.39 is 0 Å². The van der Waals surface area contributed by atoms with E-state index in [1.54, 1.807) is 12.1 Å². The number of fused-ring (bicyclic) bond motifs is 1. The smallest absolute Gasteiger partial charge is 0.223 e. The van der Waals surface area contributed by atoms with Gasteiger partial charge in [0.05, 0.1) is 6.61 Å². The van der Waals surface area contributed by atoms with Gasteiger partial charge in [0.1, 0.15) is 5.75 Å². The summed E-state index contributed by atoms with van der Waals surface area (Å²) in [4.78, 5) is 26.8. The molecule has 5 heteroatoms. The Morgan fingerprint density at radius 2 is 1.73 bits per heavy atom. The Hall–Kier alpha value is -1.88. The van der Waals surface area contributed by atoms with Crippen LogP contribution in [0.1, 0.15) is 49.4 Å². The SMILES string of the molecule is CCCOc1ccc(C(=O)CCC(=O)N2CC[C@@H]3CNC[C@@H]3CC2)cc1. The second kappa shape index (κ2) is 9.17. The van der Waals surface area contributed by atoms with Gasteiger partial charge in [-0.1, -0.05) is 6.92 Å². The molecule has 2 atom stereocenters. The van der Waals surface area contributed by atoms with Crippen LogP contribution in [0, 0.1) is 11.8 Å². The first-order valence-electron chi connectivity index (χ1n) is 9.92. The number of rotatable bonds is 7. The van der Waals surface area contributed by atoms with Crippen LogP contribution in [-0.4, -0.2) is 49.4 Å². The van der Waals surface area contributed by atoms with E-state index in [9.17, 15) is 9.59 Å². The fourth-order valence-electron chi connectivity index (χ4n) is 3.95. The highest BCUT2D eigenvalue weighted by Gasteiger charge is 2.31. The van der Waals surface area contributed by atoms with Gasteiger partial charge >= 0.3 is 0 Å². The van der Waals surface area contributed by atoms with E-state index in [1.807, 2.05) is 17.0 Å². The molecule has 0 spiro atoms. The molecule has 2 heterocycles. The number of ketones is 1. The van der Waals surface area contributed by atoms with Gasteiger partial charge in [-0.25, -0.2) is 0 Å². The topological polar surface area (TPSA) is 58.6 Å². The third kappa shape index (κ3) is 4.85. The molecule has 0 aromatic heterocycles. The fourth-order valence-corrected chi connectivity index (χ4v) is 3.95. The number of hydrogen-bond acceptors (Lipinski definition) is 4.